The van der Waals surface area contributed by atoms with Crippen molar-refractivity contribution < 1.29 is 4.79 Å². The Bertz CT molecular complexity index is 626. The largest absolute Gasteiger partial charge is 0.361 e. The van der Waals surface area contributed by atoms with Crippen molar-refractivity contribution in [3.05, 3.63) is 36.0 Å². The van der Waals surface area contributed by atoms with E-state index < -0.39 is 0 Å². The minimum Gasteiger partial charge on any atom is -0.361 e. The van der Waals surface area contributed by atoms with Crippen LogP contribution in [-0.2, 0) is 11.2 Å². The van der Waals surface area contributed by atoms with Crippen molar-refractivity contribution in [3.8, 4) is 0 Å². The lowest BCUT2D eigenvalue weighted by Gasteiger charge is -2.28. The van der Waals surface area contributed by atoms with Gasteiger partial charge in [-0.1, -0.05) is 31.0 Å². The first-order chi connectivity index (χ1) is 10.2. The molecule has 0 bridgehead atoms. The van der Waals surface area contributed by atoms with Crippen molar-refractivity contribution in [2.75, 3.05) is 6.54 Å². The first-order valence-corrected chi connectivity index (χ1v) is 7.78. The van der Waals surface area contributed by atoms with E-state index in [1.807, 2.05) is 18.3 Å². The van der Waals surface area contributed by atoms with Crippen molar-refractivity contribution in [3.63, 3.8) is 0 Å². The maximum absolute atomic E-state index is 12.2. The van der Waals surface area contributed by atoms with Gasteiger partial charge in [0.25, 0.3) is 0 Å². The Hall–Kier alpha value is -1.81. The second-order valence-corrected chi connectivity index (χ2v) is 6.10. The van der Waals surface area contributed by atoms with Crippen LogP contribution in [0.2, 0.25) is 0 Å². The van der Waals surface area contributed by atoms with Crippen LogP contribution in [0.25, 0.3) is 10.9 Å². The zero-order chi connectivity index (χ0) is 14.7. The number of nitrogens with two attached hydrogens (primary N) is 1. The molecule has 3 rings (SSSR count). The number of benzene rings is 1. The number of carbonyl (C=O) groups is 1. The number of aromatic amines is 1. The quantitative estimate of drug-likeness (QED) is 0.790. The van der Waals surface area contributed by atoms with E-state index in [1.165, 1.54) is 23.8 Å². The molecule has 0 atom stereocenters. The van der Waals surface area contributed by atoms with E-state index in [9.17, 15) is 4.79 Å². The van der Waals surface area contributed by atoms with Gasteiger partial charge in [-0.3, -0.25) is 4.79 Å². The highest BCUT2D eigenvalue weighted by atomic mass is 16.1. The Morgan fingerprint density at radius 1 is 1.29 bits per heavy atom. The van der Waals surface area contributed by atoms with Gasteiger partial charge in [0.15, 0.2) is 0 Å². The van der Waals surface area contributed by atoms with Gasteiger partial charge in [-0.2, -0.15) is 0 Å². The van der Waals surface area contributed by atoms with Gasteiger partial charge in [-0.25, -0.2) is 0 Å². The van der Waals surface area contributed by atoms with Gasteiger partial charge < -0.3 is 16.0 Å². The number of para-hydroxylation sites is 1. The smallest absolute Gasteiger partial charge is 0.220 e. The summed E-state index contributed by atoms with van der Waals surface area (Å²) in [6, 6.07) is 8.19. The predicted molar refractivity (Wildman–Crippen MR) is 85.0 cm³/mol. The van der Waals surface area contributed by atoms with Crippen molar-refractivity contribution in [1.29, 1.82) is 0 Å². The van der Waals surface area contributed by atoms with Crippen LogP contribution < -0.4 is 11.1 Å². The molecule has 21 heavy (non-hydrogen) atoms. The number of nitrogens with one attached hydrogen (secondary N) is 2. The van der Waals surface area contributed by atoms with Crippen molar-refractivity contribution in [2.45, 2.75) is 44.1 Å². The molecule has 1 amide bonds. The molecule has 0 spiro atoms. The fraction of sp³-hybridized carbons (Fsp3) is 0.471. The first-order valence-electron chi connectivity index (χ1n) is 7.78. The molecule has 1 heterocycles. The minimum absolute atomic E-state index is 0.118. The van der Waals surface area contributed by atoms with Gasteiger partial charge in [-0.05, 0) is 30.9 Å². The van der Waals surface area contributed by atoms with Crippen molar-refractivity contribution in [2.24, 2.45) is 5.73 Å². The second kappa shape index (κ2) is 5.90. The third kappa shape index (κ3) is 2.95. The Balaban J connectivity index is 1.61. The summed E-state index contributed by atoms with van der Waals surface area (Å²) in [6.45, 7) is 0.547. The molecule has 0 saturated heterocycles. The van der Waals surface area contributed by atoms with Gasteiger partial charge in [0.1, 0.15) is 0 Å². The number of aromatic nitrogens is 1. The maximum Gasteiger partial charge on any atom is 0.220 e. The van der Waals surface area contributed by atoms with Crippen LogP contribution in [0, 0.1) is 0 Å². The van der Waals surface area contributed by atoms with E-state index in [1.54, 1.807) is 0 Å². The lowest BCUT2D eigenvalue weighted by Crippen LogP contribution is -2.51. The zero-order valence-electron chi connectivity index (χ0n) is 12.3. The minimum atomic E-state index is -0.142. The summed E-state index contributed by atoms with van der Waals surface area (Å²) >= 11 is 0. The normalized spacial score (nSPS) is 17.2. The summed E-state index contributed by atoms with van der Waals surface area (Å²) in [5.41, 5.74) is 8.05. The molecule has 1 aliphatic rings. The number of carbonyl (C=O) groups excluding carboxylic acids is 1. The summed E-state index contributed by atoms with van der Waals surface area (Å²) in [5.74, 6) is 0.118. The molecule has 112 valence electrons. The Kier molecular flexibility index (Phi) is 3.97. The third-order valence-corrected chi connectivity index (χ3v) is 4.65. The number of hydrogen-bond acceptors (Lipinski definition) is 2. The molecule has 0 aliphatic heterocycles. The predicted octanol–water partition coefficient (Wildman–Crippen LogP) is 2.49. The van der Waals surface area contributed by atoms with Crippen molar-refractivity contribution in [1.82, 2.24) is 10.3 Å². The Morgan fingerprint density at radius 2 is 2.05 bits per heavy atom. The molecule has 4 nitrogen and oxygen atoms in total. The van der Waals surface area contributed by atoms with E-state index in [2.05, 4.69) is 22.4 Å². The molecular weight excluding hydrogens is 262 g/mol. The summed E-state index contributed by atoms with van der Waals surface area (Å²) in [6.07, 6.45) is 7.65. The second-order valence-electron chi connectivity index (χ2n) is 6.10. The van der Waals surface area contributed by atoms with Crippen LogP contribution in [0.15, 0.2) is 30.5 Å². The highest BCUT2D eigenvalue weighted by Gasteiger charge is 2.33. The number of rotatable bonds is 5. The topological polar surface area (TPSA) is 70.9 Å². The van der Waals surface area contributed by atoms with E-state index in [0.717, 1.165) is 24.8 Å². The zero-order valence-corrected chi connectivity index (χ0v) is 12.3. The molecule has 0 radical (unpaired) electrons. The lowest BCUT2D eigenvalue weighted by molar-refractivity contribution is -0.122. The first kappa shape index (κ1) is 14.1. The highest BCUT2D eigenvalue weighted by Crippen LogP contribution is 2.28. The van der Waals surface area contributed by atoms with Crippen LogP contribution >= 0.6 is 0 Å². The molecule has 0 unspecified atom stereocenters. The average Bonchev–Trinajstić information content (AvgIpc) is 3.12. The fourth-order valence-corrected chi connectivity index (χ4v) is 3.38. The number of H-pyrrole nitrogens is 1. The van der Waals surface area contributed by atoms with E-state index in [-0.39, 0.29) is 11.4 Å². The molecule has 4 heteroatoms. The third-order valence-electron chi connectivity index (χ3n) is 4.65. The summed E-state index contributed by atoms with van der Waals surface area (Å²) in [4.78, 5) is 15.5. The van der Waals surface area contributed by atoms with Crippen LogP contribution in [0.4, 0.5) is 0 Å². The molecular formula is C17H23N3O. The van der Waals surface area contributed by atoms with E-state index >= 15 is 0 Å². The van der Waals surface area contributed by atoms with Gasteiger partial charge in [0, 0.05) is 30.1 Å². The van der Waals surface area contributed by atoms with Crippen molar-refractivity contribution >= 4 is 16.8 Å². The number of aryl methyl sites for hydroxylation is 1. The molecule has 1 aromatic carbocycles. The number of amides is 1. The monoisotopic (exact) mass is 285 g/mol. The number of fused-ring (bicyclic) bond motifs is 1. The summed E-state index contributed by atoms with van der Waals surface area (Å²) in [5, 5.41) is 4.39. The SMILES string of the molecule is NCC1(NC(=O)CCc2c[nH]c3ccccc23)CCCC1. The maximum atomic E-state index is 12.2. The highest BCUT2D eigenvalue weighted by molar-refractivity contribution is 5.84. The average molecular weight is 285 g/mol. The van der Waals surface area contributed by atoms with Gasteiger partial charge >= 0.3 is 0 Å². The molecule has 1 fully saturated rings. The summed E-state index contributed by atoms with van der Waals surface area (Å²) in [7, 11) is 0. The van der Waals surface area contributed by atoms with E-state index in [0.29, 0.717) is 13.0 Å². The Morgan fingerprint density at radius 3 is 2.81 bits per heavy atom. The molecule has 1 aromatic heterocycles. The fourth-order valence-electron chi connectivity index (χ4n) is 3.38. The lowest BCUT2D eigenvalue weighted by atomic mass is 9.97. The van der Waals surface area contributed by atoms with Crippen LogP contribution in [-0.4, -0.2) is 23.0 Å². The standard InChI is InChI=1S/C17H23N3O/c18-12-17(9-3-4-10-17)20-16(21)8-7-13-11-19-15-6-2-1-5-14(13)15/h1-2,5-6,11,19H,3-4,7-10,12,18H2,(H,20,21). The summed E-state index contributed by atoms with van der Waals surface area (Å²) < 4.78 is 0. The van der Waals surface area contributed by atoms with Gasteiger partial charge in [0.2, 0.25) is 5.91 Å². The van der Waals surface area contributed by atoms with Gasteiger partial charge in [0.05, 0.1) is 5.54 Å². The number of hydrogen-bond donors (Lipinski definition) is 3. The van der Waals surface area contributed by atoms with Crippen LogP contribution in [0.5, 0.6) is 0 Å². The van der Waals surface area contributed by atoms with Crippen LogP contribution in [0.1, 0.15) is 37.7 Å². The molecule has 2 aromatic rings. The van der Waals surface area contributed by atoms with E-state index in [4.69, 9.17) is 5.73 Å². The van der Waals surface area contributed by atoms with Gasteiger partial charge in [-0.15, -0.1) is 0 Å². The Labute approximate surface area is 125 Å². The molecule has 1 aliphatic carbocycles. The van der Waals surface area contributed by atoms with Crippen LogP contribution in [0.3, 0.4) is 0 Å². The molecule has 4 N–H and O–H groups in total. The molecule has 1 saturated carbocycles.